The average Bonchev–Trinajstić information content (AvgIpc) is 2.33. The zero-order valence-corrected chi connectivity index (χ0v) is 11.3. The van der Waals surface area contributed by atoms with Gasteiger partial charge in [-0.15, -0.1) is 0 Å². The molecule has 4 nitrogen and oxygen atoms in total. The minimum Gasteiger partial charge on any atom is -0.337 e. The van der Waals surface area contributed by atoms with Gasteiger partial charge in [-0.1, -0.05) is 18.2 Å². The van der Waals surface area contributed by atoms with E-state index in [0.717, 1.165) is 36.4 Å². The van der Waals surface area contributed by atoms with Crippen molar-refractivity contribution in [2.75, 3.05) is 31.6 Å². The number of urea groups is 1. The normalized spacial score (nSPS) is 19.8. The molecule has 1 unspecified atom stereocenters. The van der Waals surface area contributed by atoms with Gasteiger partial charge in [-0.25, -0.2) is 4.79 Å². The van der Waals surface area contributed by atoms with E-state index in [9.17, 15) is 4.79 Å². The van der Waals surface area contributed by atoms with Crippen LogP contribution < -0.4 is 15.5 Å². The molecule has 98 valence electrons. The SMILES string of the molecule is CNCC1CNC(=O)N(c2c(C)cccc2C)C1. The third-order valence-corrected chi connectivity index (χ3v) is 3.43. The molecular weight excluding hydrogens is 226 g/mol. The standard InChI is InChI=1S/C14H21N3O/c1-10-5-4-6-11(2)13(10)17-9-12(7-15-3)8-16-14(17)18/h4-6,12,15H,7-9H2,1-3H3,(H,16,18). The largest absolute Gasteiger partial charge is 0.337 e. The average molecular weight is 247 g/mol. The Morgan fingerprint density at radius 3 is 2.67 bits per heavy atom. The first-order chi connectivity index (χ1) is 8.63. The number of hydrogen-bond donors (Lipinski definition) is 2. The van der Waals surface area contributed by atoms with Crippen molar-refractivity contribution in [3.05, 3.63) is 29.3 Å². The summed E-state index contributed by atoms with van der Waals surface area (Å²) in [5, 5.41) is 6.14. The Hall–Kier alpha value is -1.55. The molecule has 0 aromatic heterocycles. The molecule has 1 aromatic carbocycles. The zero-order valence-electron chi connectivity index (χ0n) is 11.3. The van der Waals surface area contributed by atoms with Crippen LogP contribution >= 0.6 is 0 Å². The van der Waals surface area contributed by atoms with Crippen molar-refractivity contribution >= 4 is 11.7 Å². The van der Waals surface area contributed by atoms with Crippen molar-refractivity contribution in [1.29, 1.82) is 0 Å². The van der Waals surface area contributed by atoms with Crippen molar-refractivity contribution in [1.82, 2.24) is 10.6 Å². The summed E-state index contributed by atoms with van der Waals surface area (Å²) in [6, 6.07) is 6.15. The number of anilines is 1. The number of carbonyl (C=O) groups is 1. The topological polar surface area (TPSA) is 44.4 Å². The Kier molecular flexibility index (Phi) is 3.87. The highest BCUT2D eigenvalue weighted by atomic mass is 16.2. The Balaban J connectivity index is 2.27. The van der Waals surface area contributed by atoms with Gasteiger partial charge in [0.15, 0.2) is 0 Å². The summed E-state index contributed by atoms with van der Waals surface area (Å²) in [6.07, 6.45) is 0. The molecular formula is C14H21N3O. The van der Waals surface area contributed by atoms with Gasteiger partial charge in [-0.05, 0) is 32.0 Å². The molecule has 1 aliphatic rings. The van der Waals surface area contributed by atoms with E-state index in [-0.39, 0.29) is 6.03 Å². The molecule has 18 heavy (non-hydrogen) atoms. The van der Waals surface area contributed by atoms with Crippen LogP contribution in [0.5, 0.6) is 0 Å². The predicted molar refractivity (Wildman–Crippen MR) is 74.1 cm³/mol. The van der Waals surface area contributed by atoms with Gasteiger partial charge in [0.25, 0.3) is 0 Å². The number of aryl methyl sites for hydroxylation is 2. The molecule has 1 saturated heterocycles. The lowest BCUT2D eigenvalue weighted by Gasteiger charge is -2.35. The lowest BCUT2D eigenvalue weighted by atomic mass is 10.0. The van der Waals surface area contributed by atoms with Crippen LogP contribution in [0.15, 0.2) is 18.2 Å². The van der Waals surface area contributed by atoms with Gasteiger partial charge in [0.2, 0.25) is 0 Å². The summed E-state index contributed by atoms with van der Waals surface area (Å²) < 4.78 is 0. The number of nitrogens with one attached hydrogen (secondary N) is 2. The van der Waals surface area contributed by atoms with E-state index in [1.165, 1.54) is 0 Å². The fraction of sp³-hybridized carbons (Fsp3) is 0.500. The number of para-hydroxylation sites is 1. The van der Waals surface area contributed by atoms with E-state index in [2.05, 4.69) is 36.6 Å². The fourth-order valence-electron chi connectivity index (χ4n) is 2.58. The summed E-state index contributed by atoms with van der Waals surface area (Å²) in [6.45, 7) is 6.55. The summed E-state index contributed by atoms with van der Waals surface area (Å²) in [4.78, 5) is 13.9. The molecule has 1 fully saturated rings. The lowest BCUT2D eigenvalue weighted by Crippen LogP contribution is -2.53. The molecule has 0 radical (unpaired) electrons. The molecule has 4 heteroatoms. The molecule has 1 aromatic rings. The summed E-state index contributed by atoms with van der Waals surface area (Å²) in [5.41, 5.74) is 3.35. The molecule has 0 aliphatic carbocycles. The number of benzene rings is 1. The molecule has 0 bridgehead atoms. The van der Waals surface area contributed by atoms with Crippen molar-refractivity contribution in [2.24, 2.45) is 5.92 Å². The second-order valence-electron chi connectivity index (χ2n) is 4.96. The minimum absolute atomic E-state index is 0.0137. The Bertz CT molecular complexity index is 424. The first kappa shape index (κ1) is 12.9. The van der Waals surface area contributed by atoms with Crippen LogP contribution in [-0.2, 0) is 0 Å². The molecule has 1 aliphatic heterocycles. The number of carbonyl (C=O) groups excluding carboxylic acids is 1. The van der Waals surface area contributed by atoms with Crippen molar-refractivity contribution < 1.29 is 4.79 Å². The Labute approximate surface area is 108 Å². The molecule has 2 N–H and O–H groups in total. The maximum absolute atomic E-state index is 12.0. The van der Waals surface area contributed by atoms with E-state index in [0.29, 0.717) is 5.92 Å². The van der Waals surface area contributed by atoms with Crippen LogP contribution in [0.1, 0.15) is 11.1 Å². The summed E-state index contributed by atoms with van der Waals surface area (Å²) in [7, 11) is 1.94. The van der Waals surface area contributed by atoms with Crippen molar-refractivity contribution in [3.8, 4) is 0 Å². The van der Waals surface area contributed by atoms with Gasteiger partial charge in [0.05, 0.1) is 5.69 Å². The zero-order chi connectivity index (χ0) is 13.1. The maximum atomic E-state index is 12.0. The molecule has 0 saturated carbocycles. The van der Waals surface area contributed by atoms with Gasteiger partial charge < -0.3 is 10.6 Å². The van der Waals surface area contributed by atoms with Crippen LogP contribution in [-0.4, -0.2) is 32.7 Å². The minimum atomic E-state index is 0.0137. The Morgan fingerprint density at radius 2 is 2.06 bits per heavy atom. The third-order valence-electron chi connectivity index (χ3n) is 3.43. The van der Waals surface area contributed by atoms with Crippen LogP contribution in [0.25, 0.3) is 0 Å². The first-order valence-corrected chi connectivity index (χ1v) is 6.39. The van der Waals surface area contributed by atoms with Crippen molar-refractivity contribution in [3.63, 3.8) is 0 Å². The monoisotopic (exact) mass is 247 g/mol. The number of hydrogen-bond acceptors (Lipinski definition) is 2. The van der Waals surface area contributed by atoms with Gasteiger partial charge in [-0.2, -0.15) is 0 Å². The van der Waals surface area contributed by atoms with E-state index in [1.54, 1.807) is 0 Å². The van der Waals surface area contributed by atoms with Gasteiger partial charge in [0.1, 0.15) is 0 Å². The highest BCUT2D eigenvalue weighted by Crippen LogP contribution is 2.26. The Morgan fingerprint density at radius 1 is 1.39 bits per heavy atom. The second-order valence-corrected chi connectivity index (χ2v) is 4.96. The van der Waals surface area contributed by atoms with Crippen LogP contribution in [0, 0.1) is 19.8 Å². The molecule has 2 rings (SSSR count). The summed E-state index contributed by atoms with van der Waals surface area (Å²) >= 11 is 0. The molecule has 2 amide bonds. The smallest absolute Gasteiger partial charge is 0.321 e. The highest BCUT2D eigenvalue weighted by molar-refractivity contribution is 5.94. The van der Waals surface area contributed by atoms with Crippen LogP contribution in [0.3, 0.4) is 0 Å². The number of rotatable bonds is 3. The van der Waals surface area contributed by atoms with E-state index < -0.39 is 0 Å². The molecule has 1 atom stereocenters. The molecule has 1 heterocycles. The van der Waals surface area contributed by atoms with E-state index in [4.69, 9.17) is 0 Å². The summed E-state index contributed by atoms with van der Waals surface area (Å²) in [5.74, 6) is 0.451. The third kappa shape index (κ3) is 2.48. The predicted octanol–water partition coefficient (Wildman–Crippen LogP) is 1.67. The highest BCUT2D eigenvalue weighted by Gasteiger charge is 2.27. The quantitative estimate of drug-likeness (QED) is 0.853. The first-order valence-electron chi connectivity index (χ1n) is 6.39. The lowest BCUT2D eigenvalue weighted by molar-refractivity contribution is 0.236. The van der Waals surface area contributed by atoms with E-state index in [1.807, 2.05) is 18.0 Å². The number of nitrogens with zero attached hydrogens (tertiary/aromatic N) is 1. The fourth-order valence-corrected chi connectivity index (χ4v) is 2.58. The van der Waals surface area contributed by atoms with Gasteiger partial charge >= 0.3 is 6.03 Å². The van der Waals surface area contributed by atoms with Gasteiger partial charge in [0, 0.05) is 25.6 Å². The molecule has 0 spiro atoms. The van der Waals surface area contributed by atoms with Crippen molar-refractivity contribution in [2.45, 2.75) is 13.8 Å². The maximum Gasteiger partial charge on any atom is 0.321 e. The van der Waals surface area contributed by atoms with Crippen LogP contribution in [0.4, 0.5) is 10.5 Å². The second kappa shape index (κ2) is 5.40. The van der Waals surface area contributed by atoms with E-state index >= 15 is 0 Å². The van der Waals surface area contributed by atoms with Gasteiger partial charge in [-0.3, -0.25) is 4.90 Å². The number of amides is 2. The van der Waals surface area contributed by atoms with Crippen LogP contribution in [0.2, 0.25) is 0 Å².